The number of imidazole rings is 1. The Hall–Kier alpha value is -3.35. The smallest absolute Gasteiger partial charge is 0.260 e. The summed E-state index contributed by atoms with van der Waals surface area (Å²) in [6.45, 7) is 7.41. The maximum atomic E-state index is 12.2. The molecule has 0 atom stereocenters. The van der Waals surface area contributed by atoms with Crippen molar-refractivity contribution in [3.05, 3.63) is 54.4 Å². The van der Waals surface area contributed by atoms with Gasteiger partial charge < -0.3 is 14.0 Å². The van der Waals surface area contributed by atoms with E-state index in [-0.39, 0.29) is 12.5 Å². The molecule has 0 spiro atoms. The van der Waals surface area contributed by atoms with Gasteiger partial charge in [0.1, 0.15) is 6.54 Å². The van der Waals surface area contributed by atoms with Gasteiger partial charge in [-0.1, -0.05) is 26.0 Å². The first kappa shape index (κ1) is 20.4. The molecule has 0 aliphatic carbocycles. The zero-order chi connectivity index (χ0) is 20.6. The van der Waals surface area contributed by atoms with Gasteiger partial charge in [0.25, 0.3) is 5.91 Å². The molecular weight excluding hydrogens is 368 g/mol. The minimum atomic E-state index is -0.230. The van der Waals surface area contributed by atoms with Crippen molar-refractivity contribution in [2.45, 2.75) is 27.3 Å². The number of hydrazone groups is 1. The summed E-state index contributed by atoms with van der Waals surface area (Å²) in [5.41, 5.74) is 5.12. The predicted octanol–water partition coefficient (Wildman–Crippen LogP) is 3.62. The number of aromatic nitrogens is 2. The first-order valence-electron chi connectivity index (χ1n) is 9.68. The maximum absolute atomic E-state index is 12.2. The molecule has 1 N–H and O–H groups in total. The van der Waals surface area contributed by atoms with E-state index in [4.69, 9.17) is 9.47 Å². The molecule has 3 aromatic rings. The average Bonchev–Trinajstić information content (AvgIpc) is 3.10. The largest absolute Gasteiger partial charge is 0.490 e. The number of rotatable bonds is 9. The number of ether oxygens (including phenoxy) is 2. The minimum absolute atomic E-state index is 0.143. The maximum Gasteiger partial charge on any atom is 0.260 e. The van der Waals surface area contributed by atoms with Gasteiger partial charge in [0, 0.05) is 0 Å². The molecule has 0 aliphatic rings. The fraction of sp³-hybridized carbons (Fsp3) is 0.318. The van der Waals surface area contributed by atoms with Crippen molar-refractivity contribution >= 4 is 23.2 Å². The van der Waals surface area contributed by atoms with E-state index in [0.717, 1.165) is 16.6 Å². The van der Waals surface area contributed by atoms with E-state index in [9.17, 15) is 4.79 Å². The zero-order valence-corrected chi connectivity index (χ0v) is 17.0. The molecule has 1 amide bonds. The van der Waals surface area contributed by atoms with Crippen LogP contribution in [0.4, 0.5) is 0 Å². The molecule has 0 unspecified atom stereocenters. The van der Waals surface area contributed by atoms with Crippen LogP contribution in [0.2, 0.25) is 0 Å². The third kappa shape index (κ3) is 5.57. The van der Waals surface area contributed by atoms with Crippen molar-refractivity contribution in [2.24, 2.45) is 11.0 Å². The summed E-state index contributed by atoms with van der Waals surface area (Å²) in [6.07, 6.45) is 3.23. The molecule has 0 fully saturated rings. The summed E-state index contributed by atoms with van der Waals surface area (Å²) < 4.78 is 13.2. The van der Waals surface area contributed by atoms with E-state index in [0.29, 0.717) is 30.6 Å². The van der Waals surface area contributed by atoms with Crippen molar-refractivity contribution in [1.82, 2.24) is 15.0 Å². The van der Waals surface area contributed by atoms with Gasteiger partial charge >= 0.3 is 0 Å². The van der Waals surface area contributed by atoms with Crippen LogP contribution in [0.3, 0.4) is 0 Å². The van der Waals surface area contributed by atoms with Crippen LogP contribution in [-0.4, -0.2) is 34.9 Å². The lowest BCUT2D eigenvalue weighted by atomic mass is 10.2. The van der Waals surface area contributed by atoms with Gasteiger partial charge in [-0.3, -0.25) is 4.79 Å². The van der Waals surface area contributed by atoms with Crippen molar-refractivity contribution in [2.75, 3.05) is 13.2 Å². The lowest BCUT2D eigenvalue weighted by Crippen LogP contribution is -2.22. The molecule has 0 bridgehead atoms. The van der Waals surface area contributed by atoms with Gasteiger partial charge in [-0.05, 0) is 48.7 Å². The number of amides is 1. The van der Waals surface area contributed by atoms with Crippen LogP contribution in [-0.2, 0) is 11.3 Å². The van der Waals surface area contributed by atoms with Crippen LogP contribution in [0.15, 0.2) is 53.9 Å². The quantitative estimate of drug-likeness (QED) is 0.444. The van der Waals surface area contributed by atoms with Crippen molar-refractivity contribution < 1.29 is 14.3 Å². The van der Waals surface area contributed by atoms with E-state index < -0.39 is 0 Å². The number of nitrogens with one attached hydrogen (secondary N) is 1. The second-order valence-corrected chi connectivity index (χ2v) is 7.00. The van der Waals surface area contributed by atoms with Gasteiger partial charge in [-0.2, -0.15) is 5.10 Å². The Morgan fingerprint density at radius 2 is 2.03 bits per heavy atom. The van der Waals surface area contributed by atoms with Gasteiger partial charge in [-0.15, -0.1) is 0 Å². The van der Waals surface area contributed by atoms with Gasteiger partial charge in [0.15, 0.2) is 11.5 Å². The van der Waals surface area contributed by atoms with E-state index in [1.54, 1.807) is 17.1 Å². The van der Waals surface area contributed by atoms with Gasteiger partial charge in [0.05, 0.1) is 36.8 Å². The Balaban J connectivity index is 1.61. The second kappa shape index (κ2) is 9.73. The highest BCUT2D eigenvalue weighted by Gasteiger charge is 2.08. The standard InChI is InChI=1S/C22H26N4O3/c1-4-28-21-11-17(9-10-20(21)29-14-16(2)3)12-24-25-22(27)13-26-15-23-18-7-5-6-8-19(18)26/h5-12,15-16H,4,13-14H2,1-3H3,(H,25,27)/b24-12-. The molecule has 1 aromatic heterocycles. The summed E-state index contributed by atoms with van der Waals surface area (Å²) in [7, 11) is 0. The second-order valence-electron chi connectivity index (χ2n) is 7.00. The molecule has 29 heavy (non-hydrogen) atoms. The molecule has 3 rings (SSSR count). The van der Waals surface area contributed by atoms with Crippen LogP contribution in [0, 0.1) is 5.92 Å². The monoisotopic (exact) mass is 394 g/mol. The molecule has 1 heterocycles. The minimum Gasteiger partial charge on any atom is -0.490 e. The van der Waals surface area contributed by atoms with Crippen LogP contribution in [0.1, 0.15) is 26.3 Å². The number of nitrogens with zero attached hydrogens (tertiary/aromatic N) is 3. The van der Waals surface area contributed by atoms with Crippen LogP contribution < -0.4 is 14.9 Å². The third-order valence-electron chi connectivity index (χ3n) is 4.08. The molecule has 0 saturated heterocycles. The summed E-state index contributed by atoms with van der Waals surface area (Å²) >= 11 is 0. The molecule has 7 heteroatoms. The Kier molecular flexibility index (Phi) is 6.84. The Labute approximate surface area is 170 Å². The first-order chi connectivity index (χ1) is 14.1. The van der Waals surface area contributed by atoms with Crippen molar-refractivity contribution in [3.8, 4) is 11.5 Å². The molecule has 7 nitrogen and oxygen atoms in total. The van der Waals surface area contributed by atoms with Crippen molar-refractivity contribution in [3.63, 3.8) is 0 Å². The topological polar surface area (TPSA) is 77.7 Å². The van der Waals surface area contributed by atoms with Gasteiger partial charge in [-0.25, -0.2) is 10.4 Å². The zero-order valence-electron chi connectivity index (χ0n) is 17.0. The average molecular weight is 394 g/mol. The molecule has 2 aromatic carbocycles. The number of fused-ring (bicyclic) bond motifs is 1. The summed E-state index contributed by atoms with van der Waals surface area (Å²) in [6, 6.07) is 13.2. The number of carbonyl (C=O) groups is 1. The van der Waals surface area contributed by atoms with E-state index in [1.807, 2.05) is 49.4 Å². The fourth-order valence-electron chi connectivity index (χ4n) is 2.75. The predicted molar refractivity (Wildman–Crippen MR) is 113 cm³/mol. The highest BCUT2D eigenvalue weighted by atomic mass is 16.5. The van der Waals surface area contributed by atoms with E-state index >= 15 is 0 Å². The summed E-state index contributed by atoms with van der Waals surface area (Å²) in [5.74, 6) is 1.56. The number of carbonyl (C=O) groups excluding carboxylic acids is 1. The molecule has 0 saturated carbocycles. The molecule has 0 aliphatic heterocycles. The van der Waals surface area contributed by atoms with Gasteiger partial charge in [0.2, 0.25) is 0 Å². The Morgan fingerprint density at radius 1 is 1.21 bits per heavy atom. The normalized spacial score (nSPS) is 11.3. The van der Waals surface area contributed by atoms with E-state index in [2.05, 4.69) is 29.4 Å². The highest BCUT2D eigenvalue weighted by Crippen LogP contribution is 2.28. The number of benzene rings is 2. The highest BCUT2D eigenvalue weighted by molar-refractivity contribution is 5.84. The number of hydrogen-bond donors (Lipinski definition) is 1. The fourth-order valence-corrected chi connectivity index (χ4v) is 2.75. The SMILES string of the molecule is CCOc1cc(/C=N\NC(=O)Cn2cnc3ccccc32)ccc1OCC(C)C. The summed E-state index contributed by atoms with van der Waals surface area (Å²) in [5, 5.41) is 4.05. The number of para-hydroxylation sites is 2. The molecule has 0 radical (unpaired) electrons. The number of hydrogen-bond acceptors (Lipinski definition) is 5. The van der Waals surface area contributed by atoms with Crippen molar-refractivity contribution in [1.29, 1.82) is 0 Å². The Bertz CT molecular complexity index is 995. The molecule has 152 valence electrons. The lowest BCUT2D eigenvalue weighted by molar-refractivity contribution is -0.121. The van der Waals surface area contributed by atoms with Crippen LogP contribution in [0.25, 0.3) is 11.0 Å². The van der Waals surface area contributed by atoms with Crippen LogP contribution >= 0.6 is 0 Å². The van der Waals surface area contributed by atoms with Crippen LogP contribution in [0.5, 0.6) is 11.5 Å². The Morgan fingerprint density at radius 3 is 2.83 bits per heavy atom. The molecular formula is C22H26N4O3. The van der Waals surface area contributed by atoms with E-state index in [1.165, 1.54) is 0 Å². The summed E-state index contributed by atoms with van der Waals surface area (Å²) in [4.78, 5) is 16.5. The lowest BCUT2D eigenvalue weighted by Gasteiger charge is -2.13. The third-order valence-corrected chi connectivity index (χ3v) is 4.08. The first-order valence-corrected chi connectivity index (χ1v) is 9.68.